The number of carbonyl (C=O) groups excluding carboxylic acids is 1. The van der Waals surface area contributed by atoms with Crippen molar-refractivity contribution in [2.24, 2.45) is 0 Å². The molecule has 5 heteroatoms. The molecule has 0 atom stereocenters. The number of hydrogen-bond donors (Lipinski definition) is 1. The van der Waals surface area contributed by atoms with Crippen LogP contribution in [0.5, 0.6) is 5.75 Å². The SMILES string of the molecule is Cc1nc2cc(NC(=O)CCOc3ccccc3)ccc2s1. The van der Waals surface area contributed by atoms with Crippen LogP contribution in [0.15, 0.2) is 48.5 Å². The third-order valence-electron chi connectivity index (χ3n) is 3.12. The predicted octanol–water partition coefficient (Wildman–Crippen LogP) is 4.01. The summed E-state index contributed by atoms with van der Waals surface area (Å²) < 4.78 is 6.64. The number of carbonyl (C=O) groups is 1. The van der Waals surface area contributed by atoms with Crippen molar-refractivity contribution >= 4 is 33.1 Å². The van der Waals surface area contributed by atoms with E-state index in [-0.39, 0.29) is 5.91 Å². The molecule has 0 unspecified atom stereocenters. The molecular formula is C17H16N2O2S. The van der Waals surface area contributed by atoms with Crippen molar-refractivity contribution in [3.8, 4) is 5.75 Å². The van der Waals surface area contributed by atoms with E-state index in [4.69, 9.17) is 4.74 Å². The highest BCUT2D eigenvalue weighted by Crippen LogP contribution is 2.24. The van der Waals surface area contributed by atoms with Gasteiger partial charge in [0, 0.05) is 5.69 Å². The number of para-hydroxylation sites is 1. The molecule has 0 saturated carbocycles. The fourth-order valence-electron chi connectivity index (χ4n) is 2.12. The van der Waals surface area contributed by atoms with Crippen molar-refractivity contribution in [3.05, 3.63) is 53.5 Å². The number of benzene rings is 2. The van der Waals surface area contributed by atoms with Crippen molar-refractivity contribution < 1.29 is 9.53 Å². The van der Waals surface area contributed by atoms with Gasteiger partial charge in [-0.1, -0.05) is 18.2 Å². The summed E-state index contributed by atoms with van der Waals surface area (Å²) in [6, 6.07) is 15.3. The second kappa shape index (κ2) is 6.58. The number of aryl methyl sites for hydroxylation is 1. The first-order chi connectivity index (χ1) is 10.7. The van der Waals surface area contributed by atoms with Gasteiger partial charge in [-0.05, 0) is 37.3 Å². The Morgan fingerprint density at radius 3 is 2.86 bits per heavy atom. The molecule has 1 N–H and O–H groups in total. The van der Waals surface area contributed by atoms with Crippen molar-refractivity contribution in [2.45, 2.75) is 13.3 Å². The number of nitrogens with one attached hydrogen (secondary N) is 1. The average molecular weight is 312 g/mol. The molecule has 0 aliphatic rings. The number of nitrogens with zero attached hydrogens (tertiary/aromatic N) is 1. The van der Waals surface area contributed by atoms with Gasteiger partial charge in [0.25, 0.3) is 0 Å². The molecule has 1 heterocycles. The van der Waals surface area contributed by atoms with Crippen LogP contribution >= 0.6 is 11.3 Å². The molecule has 3 rings (SSSR count). The Labute approximate surface area is 132 Å². The van der Waals surface area contributed by atoms with Crippen molar-refractivity contribution in [2.75, 3.05) is 11.9 Å². The predicted molar refractivity (Wildman–Crippen MR) is 89.5 cm³/mol. The van der Waals surface area contributed by atoms with Gasteiger partial charge in [0.1, 0.15) is 5.75 Å². The highest BCUT2D eigenvalue weighted by Gasteiger charge is 2.06. The lowest BCUT2D eigenvalue weighted by atomic mass is 10.3. The van der Waals surface area contributed by atoms with Gasteiger partial charge in [-0.3, -0.25) is 4.79 Å². The molecule has 2 aromatic carbocycles. The largest absolute Gasteiger partial charge is 0.493 e. The summed E-state index contributed by atoms with van der Waals surface area (Å²) in [7, 11) is 0. The summed E-state index contributed by atoms with van der Waals surface area (Å²) in [6.07, 6.45) is 0.309. The lowest BCUT2D eigenvalue weighted by Gasteiger charge is -2.07. The number of aromatic nitrogens is 1. The highest BCUT2D eigenvalue weighted by molar-refractivity contribution is 7.18. The first kappa shape index (κ1) is 14.5. The number of rotatable bonds is 5. The normalized spacial score (nSPS) is 10.6. The molecular weight excluding hydrogens is 296 g/mol. The van der Waals surface area contributed by atoms with E-state index in [1.807, 2.05) is 55.5 Å². The van der Waals surface area contributed by atoms with Gasteiger partial charge < -0.3 is 10.1 Å². The number of anilines is 1. The Balaban J connectivity index is 1.54. The number of hydrogen-bond acceptors (Lipinski definition) is 4. The van der Waals surface area contributed by atoms with Crippen LogP contribution in [0.2, 0.25) is 0 Å². The van der Waals surface area contributed by atoms with Gasteiger partial charge in [0.05, 0.1) is 28.3 Å². The van der Waals surface area contributed by atoms with E-state index in [0.717, 1.165) is 26.7 Å². The van der Waals surface area contributed by atoms with E-state index in [2.05, 4.69) is 10.3 Å². The minimum absolute atomic E-state index is 0.0674. The minimum atomic E-state index is -0.0674. The standard InChI is InChI=1S/C17H16N2O2S/c1-12-18-15-11-13(7-8-16(15)22-12)19-17(20)9-10-21-14-5-3-2-4-6-14/h2-8,11H,9-10H2,1H3,(H,19,20). The molecule has 1 amide bonds. The molecule has 1 aromatic heterocycles. The lowest BCUT2D eigenvalue weighted by molar-refractivity contribution is -0.116. The van der Waals surface area contributed by atoms with Crippen LogP contribution < -0.4 is 10.1 Å². The zero-order valence-corrected chi connectivity index (χ0v) is 13.0. The zero-order valence-electron chi connectivity index (χ0n) is 12.2. The molecule has 3 aromatic rings. The average Bonchev–Trinajstić information content (AvgIpc) is 2.87. The Morgan fingerprint density at radius 1 is 1.23 bits per heavy atom. The van der Waals surface area contributed by atoms with Crippen LogP contribution in [0.25, 0.3) is 10.2 Å². The summed E-state index contributed by atoms with van der Waals surface area (Å²) in [4.78, 5) is 16.4. The van der Waals surface area contributed by atoms with Crippen LogP contribution in [0.1, 0.15) is 11.4 Å². The molecule has 22 heavy (non-hydrogen) atoms. The van der Waals surface area contributed by atoms with Crippen LogP contribution in [0, 0.1) is 6.92 Å². The fourth-order valence-corrected chi connectivity index (χ4v) is 2.93. The van der Waals surface area contributed by atoms with E-state index < -0.39 is 0 Å². The van der Waals surface area contributed by atoms with Crippen LogP contribution in [0.4, 0.5) is 5.69 Å². The Hall–Kier alpha value is -2.40. The Morgan fingerprint density at radius 2 is 2.05 bits per heavy atom. The molecule has 0 bridgehead atoms. The molecule has 0 saturated heterocycles. The summed E-state index contributed by atoms with van der Waals surface area (Å²) in [5, 5.41) is 3.90. The Bertz CT molecular complexity index is 784. The van der Waals surface area contributed by atoms with E-state index in [1.54, 1.807) is 11.3 Å². The third kappa shape index (κ3) is 3.62. The lowest BCUT2D eigenvalue weighted by Crippen LogP contribution is -2.15. The van der Waals surface area contributed by atoms with Crippen LogP contribution in [-0.4, -0.2) is 17.5 Å². The second-order valence-electron chi connectivity index (χ2n) is 4.88. The maximum Gasteiger partial charge on any atom is 0.227 e. The second-order valence-corrected chi connectivity index (χ2v) is 6.11. The topological polar surface area (TPSA) is 51.2 Å². The zero-order chi connectivity index (χ0) is 15.4. The first-order valence-electron chi connectivity index (χ1n) is 7.05. The molecule has 112 valence electrons. The van der Waals surface area contributed by atoms with E-state index in [1.165, 1.54) is 0 Å². The summed E-state index contributed by atoms with van der Waals surface area (Å²) in [5.74, 6) is 0.705. The fraction of sp³-hybridized carbons (Fsp3) is 0.176. The van der Waals surface area contributed by atoms with Crippen LogP contribution in [-0.2, 0) is 4.79 Å². The maximum atomic E-state index is 11.9. The molecule has 0 aliphatic carbocycles. The van der Waals surface area contributed by atoms with Gasteiger partial charge in [0.2, 0.25) is 5.91 Å². The Kier molecular flexibility index (Phi) is 4.34. The molecule has 0 spiro atoms. The highest BCUT2D eigenvalue weighted by atomic mass is 32.1. The molecule has 0 aliphatic heterocycles. The van der Waals surface area contributed by atoms with Crippen molar-refractivity contribution in [3.63, 3.8) is 0 Å². The monoisotopic (exact) mass is 312 g/mol. The van der Waals surface area contributed by atoms with Crippen molar-refractivity contribution in [1.82, 2.24) is 4.98 Å². The van der Waals surface area contributed by atoms with Gasteiger partial charge in [0.15, 0.2) is 0 Å². The van der Waals surface area contributed by atoms with E-state index in [9.17, 15) is 4.79 Å². The quantitative estimate of drug-likeness (QED) is 0.774. The third-order valence-corrected chi connectivity index (χ3v) is 4.07. The number of amides is 1. The molecule has 4 nitrogen and oxygen atoms in total. The smallest absolute Gasteiger partial charge is 0.227 e. The summed E-state index contributed by atoms with van der Waals surface area (Å²) >= 11 is 1.65. The summed E-state index contributed by atoms with van der Waals surface area (Å²) in [6.45, 7) is 2.33. The van der Waals surface area contributed by atoms with E-state index >= 15 is 0 Å². The maximum absolute atomic E-state index is 11.9. The minimum Gasteiger partial charge on any atom is -0.493 e. The van der Waals surface area contributed by atoms with Gasteiger partial charge in [-0.2, -0.15) is 0 Å². The molecule has 0 radical (unpaired) electrons. The number of thiazole rings is 1. The van der Waals surface area contributed by atoms with Gasteiger partial charge in [-0.25, -0.2) is 4.98 Å². The van der Waals surface area contributed by atoms with Crippen LogP contribution in [0.3, 0.4) is 0 Å². The number of fused-ring (bicyclic) bond motifs is 1. The number of ether oxygens (including phenoxy) is 1. The van der Waals surface area contributed by atoms with Gasteiger partial charge >= 0.3 is 0 Å². The van der Waals surface area contributed by atoms with Crippen molar-refractivity contribution in [1.29, 1.82) is 0 Å². The summed E-state index contributed by atoms with van der Waals surface area (Å²) in [5.41, 5.74) is 1.68. The van der Waals surface area contributed by atoms with E-state index in [0.29, 0.717) is 13.0 Å². The first-order valence-corrected chi connectivity index (χ1v) is 7.87. The van der Waals surface area contributed by atoms with Gasteiger partial charge in [-0.15, -0.1) is 11.3 Å². The molecule has 0 fully saturated rings.